The molecule has 7 nitrogen and oxygen atoms in total. The molecule has 2 aromatic heterocycles. The SMILES string of the molecule is CNc1nnc(N2CCCN(C(C)c3ccc4ncoc4c3)CC2)s1. The van der Waals surface area contributed by atoms with Gasteiger partial charge < -0.3 is 14.6 Å². The van der Waals surface area contributed by atoms with Crippen LogP contribution in [-0.2, 0) is 0 Å². The predicted octanol–water partition coefficient (Wildman–Crippen LogP) is 2.99. The molecule has 0 radical (unpaired) electrons. The van der Waals surface area contributed by atoms with E-state index >= 15 is 0 Å². The zero-order valence-electron chi connectivity index (χ0n) is 14.5. The molecule has 1 N–H and O–H groups in total. The van der Waals surface area contributed by atoms with E-state index in [0.717, 1.165) is 54.0 Å². The molecule has 1 saturated heterocycles. The minimum Gasteiger partial charge on any atom is -0.443 e. The Morgan fingerprint density at radius 2 is 2.12 bits per heavy atom. The summed E-state index contributed by atoms with van der Waals surface area (Å²) < 4.78 is 5.45. The van der Waals surface area contributed by atoms with Crippen LogP contribution in [0.25, 0.3) is 11.1 Å². The highest BCUT2D eigenvalue weighted by Crippen LogP contribution is 2.28. The van der Waals surface area contributed by atoms with Gasteiger partial charge in [-0.15, -0.1) is 10.2 Å². The Morgan fingerprint density at radius 1 is 1.20 bits per heavy atom. The number of oxazole rings is 1. The molecule has 1 aromatic carbocycles. The number of hydrogen-bond acceptors (Lipinski definition) is 8. The number of hydrogen-bond donors (Lipinski definition) is 1. The molecule has 0 aliphatic carbocycles. The highest BCUT2D eigenvalue weighted by atomic mass is 32.1. The molecule has 1 aliphatic rings. The summed E-state index contributed by atoms with van der Waals surface area (Å²) >= 11 is 1.61. The lowest BCUT2D eigenvalue weighted by atomic mass is 10.1. The van der Waals surface area contributed by atoms with Gasteiger partial charge in [-0.1, -0.05) is 17.4 Å². The number of anilines is 2. The quantitative estimate of drug-likeness (QED) is 0.769. The average Bonchev–Trinajstić information content (AvgIpc) is 3.24. The first-order valence-electron chi connectivity index (χ1n) is 8.58. The number of nitrogens with one attached hydrogen (secondary N) is 1. The summed E-state index contributed by atoms with van der Waals surface area (Å²) in [5, 5.41) is 13.4. The van der Waals surface area contributed by atoms with Crippen LogP contribution in [0.5, 0.6) is 0 Å². The highest BCUT2D eigenvalue weighted by molar-refractivity contribution is 7.19. The van der Waals surface area contributed by atoms with Crippen LogP contribution in [0.1, 0.15) is 24.9 Å². The van der Waals surface area contributed by atoms with Crippen molar-refractivity contribution >= 4 is 32.7 Å². The van der Waals surface area contributed by atoms with Crippen LogP contribution >= 0.6 is 11.3 Å². The molecule has 8 heteroatoms. The number of rotatable bonds is 4. The number of nitrogens with zero attached hydrogens (tertiary/aromatic N) is 5. The van der Waals surface area contributed by atoms with E-state index in [1.165, 1.54) is 12.0 Å². The Hall–Kier alpha value is -2.19. The van der Waals surface area contributed by atoms with Gasteiger partial charge in [0.05, 0.1) is 0 Å². The van der Waals surface area contributed by atoms with Gasteiger partial charge in [0.1, 0.15) is 5.52 Å². The summed E-state index contributed by atoms with van der Waals surface area (Å²) in [6, 6.07) is 6.65. The van der Waals surface area contributed by atoms with Gasteiger partial charge >= 0.3 is 0 Å². The fourth-order valence-corrected chi connectivity index (χ4v) is 4.05. The fraction of sp³-hybridized carbons (Fsp3) is 0.471. The van der Waals surface area contributed by atoms with Crippen LogP contribution < -0.4 is 10.2 Å². The number of benzene rings is 1. The molecular formula is C17H22N6OS. The monoisotopic (exact) mass is 358 g/mol. The molecular weight excluding hydrogens is 336 g/mol. The second-order valence-electron chi connectivity index (χ2n) is 6.27. The number of aromatic nitrogens is 3. The fourth-order valence-electron chi connectivity index (χ4n) is 3.30. The molecule has 0 bridgehead atoms. The van der Waals surface area contributed by atoms with Gasteiger partial charge in [0, 0.05) is 39.3 Å². The average molecular weight is 358 g/mol. The van der Waals surface area contributed by atoms with Crippen LogP contribution in [-0.4, -0.2) is 53.3 Å². The largest absolute Gasteiger partial charge is 0.443 e. The molecule has 1 unspecified atom stereocenters. The van der Waals surface area contributed by atoms with Gasteiger partial charge in [0.15, 0.2) is 12.0 Å². The molecule has 3 heterocycles. The van der Waals surface area contributed by atoms with Gasteiger partial charge in [-0.25, -0.2) is 4.98 Å². The Kier molecular flexibility index (Phi) is 4.54. The molecule has 0 spiro atoms. The predicted molar refractivity (Wildman–Crippen MR) is 100 cm³/mol. The second kappa shape index (κ2) is 6.97. The van der Waals surface area contributed by atoms with E-state index in [1.54, 1.807) is 11.3 Å². The first kappa shape index (κ1) is 16.3. The van der Waals surface area contributed by atoms with Crippen molar-refractivity contribution in [2.24, 2.45) is 0 Å². The molecule has 132 valence electrons. The summed E-state index contributed by atoms with van der Waals surface area (Å²) in [7, 11) is 1.88. The minimum absolute atomic E-state index is 0.344. The third kappa shape index (κ3) is 3.32. The molecule has 1 fully saturated rings. The van der Waals surface area contributed by atoms with E-state index in [2.05, 4.69) is 49.4 Å². The zero-order chi connectivity index (χ0) is 17.2. The van der Waals surface area contributed by atoms with Crippen molar-refractivity contribution in [1.82, 2.24) is 20.1 Å². The standard InChI is InChI=1S/C17H22N6OS/c1-12(13-4-5-14-15(10-13)24-11-19-14)22-6-3-7-23(9-8-22)17-21-20-16(18-2)25-17/h4-5,10-12H,3,6-9H2,1-2H3,(H,18,20). The normalized spacial score (nSPS) is 17.6. The molecule has 3 aromatic rings. The highest BCUT2D eigenvalue weighted by Gasteiger charge is 2.22. The Balaban J connectivity index is 1.46. The topological polar surface area (TPSA) is 70.3 Å². The van der Waals surface area contributed by atoms with Gasteiger partial charge in [0.2, 0.25) is 10.3 Å². The molecule has 1 aliphatic heterocycles. The minimum atomic E-state index is 0.344. The third-order valence-electron chi connectivity index (χ3n) is 4.81. The Bertz CT molecular complexity index is 846. The first-order chi connectivity index (χ1) is 12.2. The van der Waals surface area contributed by atoms with Crippen molar-refractivity contribution in [3.05, 3.63) is 30.2 Å². The zero-order valence-corrected chi connectivity index (χ0v) is 15.3. The Labute approximate surface area is 150 Å². The van der Waals surface area contributed by atoms with Crippen molar-refractivity contribution in [1.29, 1.82) is 0 Å². The van der Waals surface area contributed by atoms with Crippen LogP contribution in [0, 0.1) is 0 Å². The van der Waals surface area contributed by atoms with Crippen molar-refractivity contribution in [2.45, 2.75) is 19.4 Å². The van der Waals surface area contributed by atoms with Crippen molar-refractivity contribution in [3.63, 3.8) is 0 Å². The number of fused-ring (bicyclic) bond motifs is 1. The van der Waals surface area contributed by atoms with Gasteiger partial charge in [-0.3, -0.25) is 4.90 Å². The lowest BCUT2D eigenvalue weighted by Gasteiger charge is -2.28. The summed E-state index contributed by atoms with van der Waals surface area (Å²) in [5.41, 5.74) is 3.04. The van der Waals surface area contributed by atoms with E-state index in [0.29, 0.717) is 6.04 Å². The molecule has 0 amide bonds. The maximum atomic E-state index is 5.45. The summed E-state index contributed by atoms with van der Waals surface area (Å²) in [6.45, 7) is 6.32. The van der Waals surface area contributed by atoms with Crippen LogP contribution in [0.4, 0.5) is 10.3 Å². The maximum Gasteiger partial charge on any atom is 0.210 e. The van der Waals surface area contributed by atoms with Crippen LogP contribution in [0.3, 0.4) is 0 Å². The van der Waals surface area contributed by atoms with Gasteiger partial charge in [0.25, 0.3) is 0 Å². The van der Waals surface area contributed by atoms with Gasteiger partial charge in [-0.05, 0) is 31.0 Å². The summed E-state index contributed by atoms with van der Waals surface area (Å²) in [6.07, 6.45) is 2.62. The van der Waals surface area contributed by atoms with Crippen LogP contribution in [0.15, 0.2) is 29.0 Å². The van der Waals surface area contributed by atoms with Gasteiger partial charge in [-0.2, -0.15) is 0 Å². The first-order valence-corrected chi connectivity index (χ1v) is 9.39. The molecule has 0 saturated carbocycles. The second-order valence-corrected chi connectivity index (χ2v) is 7.23. The third-order valence-corrected chi connectivity index (χ3v) is 5.82. The molecule has 25 heavy (non-hydrogen) atoms. The van der Waals surface area contributed by atoms with Crippen molar-refractivity contribution in [3.8, 4) is 0 Å². The van der Waals surface area contributed by atoms with Crippen molar-refractivity contribution < 1.29 is 4.42 Å². The lowest BCUT2D eigenvalue weighted by Crippen LogP contribution is -2.32. The summed E-state index contributed by atoms with van der Waals surface area (Å²) in [5.74, 6) is 0. The van der Waals surface area contributed by atoms with Crippen molar-refractivity contribution in [2.75, 3.05) is 43.4 Å². The van der Waals surface area contributed by atoms with E-state index < -0.39 is 0 Å². The van der Waals surface area contributed by atoms with E-state index in [1.807, 2.05) is 13.1 Å². The van der Waals surface area contributed by atoms with Crippen LogP contribution in [0.2, 0.25) is 0 Å². The summed E-state index contributed by atoms with van der Waals surface area (Å²) in [4.78, 5) is 9.06. The van der Waals surface area contributed by atoms with E-state index in [4.69, 9.17) is 4.42 Å². The lowest BCUT2D eigenvalue weighted by molar-refractivity contribution is 0.226. The molecule has 4 rings (SSSR count). The Morgan fingerprint density at radius 3 is 2.96 bits per heavy atom. The van der Waals surface area contributed by atoms with E-state index in [9.17, 15) is 0 Å². The van der Waals surface area contributed by atoms with E-state index in [-0.39, 0.29) is 0 Å². The maximum absolute atomic E-state index is 5.45. The molecule has 1 atom stereocenters. The smallest absolute Gasteiger partial charge is 0.210 e.